The van der Waals surface area contributed by atoms with E-state index in [1.54, 1.807) is 12.1 Å². The number of hydrogen-bond donors (Lipinski definition) is 2. The van der Waals surface area contributed by atoms with Crippen molar-refractivity contribution in [2.75, 3.05) is 13.1 Å². The fourth-order valence-electron chi connectivity index (χ4n) is 2.15. The number of carbonyl (C=O) groups is 1. The molecule has 112 valence electrons. The zero-order chi connectivity index (χ0) is 15.1. The van der Waals surface area contributed by atoms with Gasteiger partial charge in [0, 0.05) is 19.6 Å². The van der Waals surface area contributed by atoms with Gasteiger partial charge >= 0.3 is 5.97 Å². The fraction of sp³-hybridized carbons (Fsp3) is 0.312. The number of aliphatic hydroxyl groups excluding tert-OH is 1. The molecule has 2 rings (SSSR count). The molecule has 0 saturated carbocycles. The van der Waals surface area contributed by atoms with Crippen LogP contribution in [-0.2, 0) is 11.3 Å². The van der Waals surface area contributed by atoms with E-state index in [-0.39, 0.29) is 6.42 Å². The number of nitrogens with zero attached hydrogens (tertiary/aromatic N) is 1. The van der Waals surface area contributed by atoms with E-state index in [0.717, 1.165) is 5.56 Å². The van der Waals surface area contributed by atoms with Crippen LogP contribution in [0.15, 0.2) is 53.1 Å². The van der Waals surface area contributed by atoms with E-state index in [2.05, 4.69) is 0 Å². The molecule has 0 aliphatic heterocycles. The fourth-order valence-corrected chi connectivity index (χ4v) is 2.15. The third-order valence-electron chi connectivity index (χ3n) is 3.19. The molecule has 0 bridgehead atoms. The van der Waals surface area contributed by atoms with Gasteiger partial charge in [-0.2, -0.15) is 0 Å². The topological polar surface area (TPSA) is 73.9 Å². The summed E-state index contributed by atoms with van der Waals surface area (Å²) >= 11 is 0. The highest BCUT2D eigenvalue weighted by Crippen LogP contribution is 2.16. The number of carboxylic acid groups (broad SMARTS) is 1. The van der Waals surface area contributed by atoms with Gasteiger partial charge in [-0.3, -0.25) is 9.69 Å². The summed E-state index contributed by atoms with van der Waals surface area (Å²) in [5, 5.41) is 19.0. The molecule has 1 atom stereocenters. The first kappa shape index (κ1) is 15.3. The molecule has 0 radical (unpaired) electrons. The van der Waals surface area contributed by atoms with E-state index in [1.165, 1.54) is 6.26 Å². The molecular weight excluding hydrogens is 270 g/mol. The summed E-state index contributed by atoms with van der Waals surface area (Å²) in [6.45, 7) is 1.30. The number of aliphatic hydroxyl groups is 1. The van der Waals surface area contributed by atoms with Crippen molar-refractivity contribution in [2.45, 2.75) is 19.1 Å². The predicted octanol–water partition coefficient (Wildman–Crippen LogP) is 2.29. The molecule has 1 heterocycles. The van der Waals surface area contributed by atoms with Crippen LogP contribution in [0.1, 0.15) is 23.8 Å². The maximum atomic E-state index is 10.8. The second-order valence-electron chi connectivity index (χ2n) is 4.90. The summed E-state index contributed by atoms with van der Waals surface area (Å²) in [5.41, 5.74) is 1.08. The standard InChI is InChI=1S/C16H19NO4/c18-14(15-7-4-10-21-15)12-17(9-8-16(19)20)11-13-5-2-1-3-6-13/h1-7,10,14,18H,8-9,11-12H2,(H,19,20). The van der Waals surface area contributed by atoms with Crippen LogP contribution in [0.4, 0.5) is 0 Å². The maximum Gasteiger partial charge on any atom is 0.304 e. The Bertz CT molecular complexity index is 539. The van der Waals surface area contributed by atoms with Crippen LogP contribution < -0.4 is 0 Å². The highest BCUT2D eigenvalue weighted by molar-refractivity contribution is 5.66. The summed E-state index contributed by atoms with van der Waals surface area (Å²) in [4.78, 5) is 12.7. The number of carboxylic acids is 1. The summed E-state index contributed by atoms with van der Waals surface area (Å²) < 4.78 is 5.18. The molecule has 0 aliphatic carbocycles. The van der Waals surface area contributed by atoms with Crippen molar-refractivity contribution < 1.29 is 19.4 Å². The molecule has 5 heteroatoms. The second-order valence-corrected chi connectivity index (χ2v) is 4.90. The molecule has 0 fully saturated rings. The second kappa shape index (κ2) is 7.61. The summed E-state index contributed by atoms with van der Waals surface area (Å²) in [5.74, 6) is -0.357. The average molecular weight is 289 g/mol. The smallest absolute Gasteiger partial charge is 0.304 e. The van der Waals surface area contributed by atoms with Gasteiger partial charge in [-0.1, -0.05) is 30.3 Å². The average Bonchev–Trinajstić information content (AvgIpc) is 3.00. The van der Waals surface area contributed by atoms with Crippen LogP contribution in [0.25, 0.3) is 0 Å². The van der Waals surface area contributed by atoms with Gasteiger partial charge in [0.2, 0.25) is 0 Å². The van der Waals surface area contributed by atoms with E-state index in [0.29, 0.717) is 25.4 Å². The molecule has 0 spiro atoms. The van der Waals surface area contributed by atoms with E-state index in [1.807, 2.05) is 35.2 Å². The van der Waals surface area contributed by atoms with Crippen molar-refractivity contribution in [3.63, 3.8) is 0 Å². The summed E-state index contributed by atoms with van der Waals surface area (Å²) in [7, 11) is 0. The molecule has 1 unspecified atom stereocenters. The molecule has 21 heavy (non-hydrogen) atoms. The molecule has 1 aromatic carbocycles. The Morgan fingerprint density at radius 2 is 1.95 bits per heavy atom. The van der Waals surface area contributed by atoms with E-state index >= 15 is 0 Å². The van der Waals surface area contributed by atoms with E-state index < -0.39 is 12.1 Å². The van der Waals surface area contributed by atoms with Gasteiger partial charge < -0.3 is 14.6 Å². The van der Waals surface area contributed by atoms with Gasteiger partial charge in [-0.15, -0.1) is 0 Å². The molecule has 0 amide bonds. The highest BCUT2D eigenvalue weighted by Gasteiger charge is 2.16. The third kappa shape index (κ3) is 5.06. The lowest BCUT2D eigenvalue weighted by Crippen LogP contribution is -2.30. The van der Waals surface area contributed by atoms with E-state index in [4.69, 9.17) is 9.52 Å². The normalized spacial score (nSPS) is 12.5. The lowest BCUT2D eigenvalue weighted by Gasteiger charge is -2.23. The van der Waals surface area contributed by atoms with Crippen molar-refractivity contribution in [1.29, 1.82) is 0 Å². The van der Waals surface area contributed by atoms with Crippen LogP contribution in [0.2, 0.25) is 0 Å². The van der Waals surface area contributed by atoms with Crippen molar-refractivity contribution in [3.05, 3.63) is 60.1 Å². The van der Waals surface area contributed by atoms with Crippen LogP contribution in [0.5, 0.6) is 0 Å². The zero-order valence-electron chi connectivity index (χ0n) is 11.7. The largest absolute Gasteiger partial charge is 0.481 e. The molecule has 1 aromatic heterocycles. The highest BCUT2D eigenvalue weighted by atomic mass is 16.4. The SMILES string of the molecule is O=C(O)CCN(Cc1ccccc1)CC(O)c1ccco1. The monoisotopic (exact) mass is 289 g/mol. The number of aliphatic carboxylic acids is 1. The molecule has 0 aliphatic rings. The third-order valence-corrected chi connectivity index (χ3v) is 3.19. The van der Waals surface area contributed by atoms with Gasteiger partial charge in [0.1, 0.15) is 11.9 Å². The van der Waals surface area contributed by atoms with Crippen molar-refractivity contribution in [3.8, 4) is 0 Å². The summed E-state index contributed by atoms with van der Waals surface area (Å²) in [6.07, 6.45) is 0.784. The Kier molecular flexibility index (Phi) is 5.54. The number of rotatable bonds is 8. The van der Waals surface area contributed by atoms with Crippen LogP contribution in [0.3, 0.4) is 0 Å². The Labute approximate surface area is 123 Å². The molecular formula is C16H19NO4. The van der Waals surface area contributed by atoms with Crippen LogP contribution >= 0.6 is 0 Å². The minimum absolute atomic E-state index is 0.0394. The Morgan fingerprint density at radius 1 is 1.19 bits per heavy atom. The molecule has 0 saturated heterocycles. The maximum absolute atomic E-state index is 10.8. The van der Waals surface area contributed by atoms with Gasteiger partial charge in [0.05, 0.1) is 12.7 Å². The first-order chi connectivity index (χ1) is 10.1. The Balaban J connectivity index is 1.99. The van der Waals surface area contributed by atoms with Gasteiger partial charge in [0.25, 0.3) is 0 Å². The first-order valence-electron chi connectivity index (χ1n) is 6.84. The molecule has 5 nitrogen and oxygen atoms in total. The molecule has 2 N–H and O–H groups in total. The van der Waals surface area contributed by atoms with Crippen LogP contribution in [0, 0.1) is 0 Å². The molecule has 2 aromatic rings. The lowest BCUT2D eigenvalue weighted by atomic mass is 10.2. The first-order valence-corrected chi connectivity index (χ1v) is 6.84. The van der Waals surface area contributed by atoms with Crippen molar-refractivity contribution in [1.82, 2.24) is 4.90 Å². The Hall–Kier alpha value is -2.11. The predicted molar refractivity (Wildman–Crippen MR) is 77.6 cm³/mol. The van der Waals surface area contributed by atoms with Gasteiger partial charge in [-0.05, 0) is 17.7 Å². The van der Waals surface area contributed by atoms with Gasteiger partial charge in [0.15, 0.2) is 0 Å². The lowest BCUT2D eigenvalue weighted by molar-refractivity contribution is -0.137. The van der Waals surface area contributed by atoms with Crippen molar-refractivity contribution >= 4 is 5.97 Å². The quantitative estimate of drug-likeness (QED) is 0.780. The summed E-state index contributed by atoms with van der Waals surface area (Å²) in [6, 6.07) is 13.2. The Morgan fingerprint density at radius 3 is 2.57 bits per heavy atom. The minimum Gasteiger partial charge on any atom is -0.481 e. The minimum atomic E-state index is -0.847. The van der Waals surface area contributed by atoms with Crippen LogP contribution in [-0.4, -0.2) is 34.2 Å². The number of benzene rings is 1. The number of hydrogen-bond acceptors (Lipinski definition) is 4. The van der Waals surface area contributed by atoms with Gasteiger partial charge in [-0.25, -0.2) is 0 Å². The zero-order valence-corrected chi connectivity index (χ0v) is 11.7. The van der Waals surface area contributed by atoms with Crippen molar-refractivity contribution in [2.24, 2.45) is 0 Å². The number of furan rings is 1. The van der Waals surface area contributed by atoms with E-state index in [9.17, 15) is 9.90 Å².